The van der Waals surface area contributed by atoms with E-state index < -0.39 is 0 Å². The van der Waals surface area contributed by atoms with Gasteiger partial charge in [0.2, 0.25) is 5.69 Å². The molecule has 0 fully saturated rings. The molecule has 2 aliphatic rings. The molecule has 0 spiro atoms. The number of imidazole rings is 2. The number of aromatic nitrogens is 6. The van der Waals surface area contributed by atoms with Crippen LogP contribution >= 0.6 is 0 Å². The summed E-state index contributed by atoms with van der Waals surface area (Å²) < 4.78 is 4.10. The summed E-state index contributed by atoms with van der Waals surface area (Å²) >= 11 is 0. The molecule has 164 valence electrons. The summed E-state index contributed by atoms with van der Waals surface area (Å²) in [7, 11) is 0. The summed E-state index contributed by atoms with van der Waals surface area (Å²) in [5.74, 6) is 2.92. The summed E-state index contributed by atoms with van der Waals surface area (Å²) in [5.41, 5.74) is 3.40. The maximum Gasteiger partial charge on any atom is 2.00 e. The molecule has 6 nitrogen and oxygen atoms in total. The number of benzene rings is 2. The second-order valence-electron chi connectivity index (χ2n) is 7.65. The molecular weight excluding hydrogens is 603 g/mol. The molecule has 7 heteroatoms. The van der Waals surface area contributed by atoms with Crippen LogP contribution in [0.3, 0.4) is 0 Å². The average Bonchev–Trinajstić information content (AvgIpc) is 3.38. The van der Waals surface area contributed by atoms with Crippen molar-refractivity contribution in [2.24, 2.45) is 0 Å². The summed E-state index contributed by atoms with van der Waals surface area (Å²) in [6.45, 7) is 0. The van der Waals surface area contributed by atoms with Crippen LogP contribution in [0.1, 0.15) is 0 Å². The molecule has 3 aromatic heterocycles. The fourth-order valence-electron chi connectivity index (χ4n) is 4.20. The van der Waals surface area contributed by atoms with Crippen LogP contribution in [0, 0.1) is 13.5 Å². The van der Waals surface area contributed by atoms with Crippen molar-refractivity contribution in [1.82, 2.24) is 19.9 Å². The Labute approximate surface area is 210 Å². The van der Waals surface area contributed by atoms with Crippen molar-refractivity contribution in [3.63, 3.8) is 0 Å². The number of nitrogens with zero attached hydrogens (tertiary/aromatic N) is 6. The first-order valence-corrected chi connectivity index (χ1v) is 10.3. The molecular formula is C27H18N6Pt+2. The monoisotopic (exact) mass is 621 g/mol. The van der Waals surface area contributed by atoms with Crippen LogP contribution in [0.15, 0.2) is 91.3 Å². The molecule has 2 aliphatic heterocycles. The Morgan fingerprint density at radius 2 is 1.29 bits per heavy atom. The third-order valence-corrected chi connectivity index (χ3v) is 5.64. The number of hydrogen-bond donors (Lipinski definition) is 0. The standard InChI is InChI=1S/C26H15N6.CH3.Pt/c1-3-13-31-21(11-1)23-27-19-9-6-8-18(16-19)26-30-24(22-12-2-4-14-32(22)26)28-20-10-5-7-17(15-20)25(31)29-23;;/h1-15H;1H3;/q+1;-1;+2. The van der Waals surface area contributed by atoms with Crippen LogP contribution in [-0.4, -0.2) is 19.9 Å². The maximum absolute atomic E-state index is 4.90. The van der Waals surface area contributed by atoms with Gasteiger partial charge in [0.05, 0.1) is 23.3 Å². The Hall–Kier alpha value is -3.89. The van der Waals surface area contributed by atoms with E-state index in [-0.39, 0.29) is 28.5 Å². The van der Waals surface area contributed by atoms with Gasteiger partial charge in [-0.05, 0) is 53.0 Å². The smallest absolute Gasteiger partial charge is 0.358 e. The Kier molecular flexibility index (Phi) is 5.46. The SMILES string of the molecule is [CH3-].[Pt+2].[c-]1c2cccc1c1nc(nc3cccc(c3)c3nc(n2)-c2cccc[n+]2-3)-c2cccc[n+]2-1. The van der Waals surface area contributed by atoms with Crippen molar-refractivity contribution in [3.05, 3.63) is 105 Å². The van der Waals surface area contributed by atoms with Crippen molar-refractivity contribution in [2.75, 3.05) is 0 Å². The minimum atomic E-state index is 0. The number of hydrogen-bond acceptors (Lipinski definition) is 4. The minimum absolute atomic E-state index is 0. The van der Waals surface area contributed by atoms with Gasteiger partial charge in [-0.3, -0.25) is 0 Å². The topological polar surface area (TPSA) is 59.3 Å². The second kappa shape index (κ2) is 8.47. The molecule has 7 rings (SSSR count). The Bertz CT molecular complexity index is 1570. The quantitative estimate of drug-likeness (QED) is 0.190. The van der Waals surface area contributed by atoms with E-state index in [1.54, 1.807) is 0 Å². The van der Waals surface area contributed by atoms with E-state index in [0.717, 1.165) is 39.3 Å². The van der Waals surface area contributed by atoms with E-state index in [1.165, 1.54) is 0 Å². The van der Waals surface area contributed by atoms with Crippen molar-refractivity contribution >= 4 is 21.8 Å². The number of pyridine rings is 2. The molecule has 5 aromatic rings. The first-order chi connectivity index (χ1) is 15.8. The van der Waals surface area contributed by atoms with Gasteiger partial charge in [-0.15, -0.1) is 24.3 Å². The molecule has 0 aliphatic carbocycles. The van der Waals surface area contributed by atoms with Crippen LogP contribution in [0.5, 0.6) is 0 Å². The Balaban J connectivity index is 0.00000120. The molecule has 0 amide bonds. The van der Waals surface area contributed by atoms with Gasteiger partial charge in [0, 0.05) is 0 Å². The molecule has 2 aromatic carbocycles. The largest absolute Gasteiger partial charge is 2.00 e. The van der Waals surface area contributed by atoms with Gasteiger partial charge in [-0.25, -0.2) is 14.5 Å². The predicted molar refractivity (Wildman–Crippen MR) is 125 cm³/mol. The summed E-state index contributed by atoms with van der Waals surface area (Å²) in [5, 5.41) is 1.82. The first-order valence-electron chi connectivity index (χ1n) is 10.3. The van der Waals surface area contributed by atoms with Crippen molar-refractivity contribution in [2.45, 2.75) is 0 Å². The predicted octanol–water partition coefficient (Wildman–Crippen LogP) is 4.02. The van der Waals surface area contributed by atoms with Gasteiger partial charge in [0.15, 0.2) is 5.69 Å². The van der Waals surface area contributed by atoms with Crippen molar-refractivity contribution in [3.8, 4) is 34.7 Å². The van der Waals surface area contributed by atoms with Gasteiger partial charge in [0.1, 0.15) is 0 Å². The van der Waals surface area contributed by atoms with Crippen LogP contribution in [0.4, 0.5) is 0 Å². The van der Waals surface area contributed by atoms with Gasteiger partial charge in [-0.1, -0.05) is 28.6 Å². The average molecular weight is 622 g/mol. The normalized spacial score (nSPS) is 11.1. The summed E-state index contributed by atoms with van der Waals surface area (Å²) in [6, 6.07) is 29.4. The zero-order valence-corrected chi connectivity index (χ0v) is 20.4. The fraction of sp³-hybridized carbons (Fsp3) is 0. The Morgan fingerprint density at radius 3 is 2.09 bits per heavy atom. The van der Waals surface area contributed by atoms with Gasteiger partial charge in [-0.2, -0.15) is 4.57 Å². The summed E-state index contributed by atoms with van der Waals surface area (Å²) in [4.78, 5) is 19.5. The molecule has 0 unspecified atom stereocenters. The zero-order valence-electron chi connectivity index (χ0n) is 18.2. The van der Waals surface area contributed by atoms with Gasteiger partial charge >= 0.3 is 38.5 Å². The maximum atomic E-state index is 4.90. The van der Waals surface area contributed by atoms with Crippen LogP contribution in [0.25, 0.3) is 56.5 Å². The molecule has 5 heterocycles. The number of rotatable bonds is 0. The molecule has 34 heavy (non-hydrogen) atoms. The molecule has 0 N–H and O–H groups in total. The number of fused-ring (bicyclic) bond motifs is 16. The Morgan fingerprint density at radius 1 is 0.618 bits per heavy atom. The van der Waals surface area contributed by atoms with Crippen LogP contribution in [0.2, 0.25) is 0 Å². The zero-order chi connectivity index (χ0) is 21.1. The van der Waals surface area contributed by atoms with E-state index in [2.05, 4.69) is 10.6 Å². The van der Waals surface area contributed by atoms with Gasteiger partial charge < -0.3 is 7.43 Å². The molecule has 0 saturated heterocycles. The fourth-order valence-corrected chi connectivity index (χ4v) is 4.20. The van der Waals surface area contributed by atoms with Crippen molar-refractivity contribution in [1.29, 1.82) is 0 Å². The minimum Gasteiger partial charge on any atom is -0.358 e. The van der Waals surface area contributed by atoms with Crippen molar-refractivity contribution < 1.29 is 30.2 Å². The van der Waals surface area contributed by atoms with E-state index >= 15 is 0 Å². The molecule has 0 saturated carbocycles. The molecule has 0 radical (unpaired) electrons. The van der Waals surface area contributed by atoms with E-state index in [0.29, 0.717) is 17.2 Å². The summed E-state index contributed by atoms with van der Waals surface area (Å²) in [6.07, 6.45) is 4.01. The van der Waals surface area contributed by atoms with E-state index in [1.807, 2.05) is 95.8 Å². The first kappa shape index (κ1) is 21.9. The third-order valence-electron chi connectivity index (χ3n) is 5.64. The molecule has 0 atom stereocenters. The second-order valence-corrected chi connectivity index (χ2v) is 7.65. The van der Waals surface area contributed by atoms with Crippen LogP contribution in [-0.2, 0) is 21.1 Å². The third kappa shape index (κ3) is 3.39. The van der Waals surface area contributed by atoms with Gasteiger partial charge in [0.25, 0.3) is 5.82 Å². The van der Waals surface area contributed by atoms with Crippen LogP contribution < -0.4 is 9.13 Å². The van der Waals surface area contributed by atoms with E-state index in [4.69, 9.17) is 19.9 Å². The van der Waals surface area contributed by atoms with E-state index in [9.17, 15) is 0 Å². The molecule has 8 bridgehead atoms.